The minimum atomic E-state index is -0.418. The lowest BCUT2D eigenvalue weighted by atomic mass is 10.0. The van der Waals surface area contributed by atoms with Crippen LogP contribution >= 0.6 is 23.2 Å². The average molecular weight is 364 g/mol. The van der Waals surface area contributed by atoms with Crippen LogP contribution in [0.15, 0.2) is 47.8 Å². The van der Waals surface area contributed by atoms with E-state index < -0.39 is 5.97 Å². The van der Waals surface area contributed by atoms with Gasteiger partial charge in [0.2, 0.25) is 0 Å². The number of pyridine rings is 1. The van der Waals surface area contributed by atoms with Gasteiger partial charge in [0.25, 0.3) is 0 Å². The highest BCUT2D eigenvalue weighted by molar-refractivity contribution is 6.38. The third-order valence-corrected chi connectivity index (χ3v) is 4.18. The van der Waals surface area contributed by atoms with Crippen LogP contribution in [-0.2, 0) is 9.53 Å². The molecule has 1 atom stereocenters. The minimum absolute atomic E-state index is 0.184. The van der Waals surface area contributed by atoms with Crippen LogP contribution in [0.2, 0.25) is 10.0 Å². The fourth-order valence-electron chi connectivity index (χ4n) is 2.57. The molecular weight excluding hydrogens is 349 g/mol. The number of aromatic nitrogens is 1. The summed E-state index contributed by atoms with van der Waals surface area (Å²) >= 11 is 12.3. The molecule has 5 nitrogen and oxygen atoms in total. The number of anilines is 1. The quantitative estimate of drug-likeness (QED) is 0.761. The first kappa shape index (κ1) is 16.7. The molecule has 0 aliphatic carbocycles. The van der Waals surface area contributed by atoms with E-state index in [4.69, 9.17) is 27.9 Å². The Balaban J connectivity index is 2.01. The molecule has 1 aromatic heterocycles. The van der Waals surface area contributed by atoms with Crippen molar-refractivity contribution in [1.29, 1.82) is 0 Å². The molecule has 24 heavy (non-hydrogen) atoms. The summed E-state index contributed by atoms with van der Waals surface area (Å²) < 4.78 is 5.08. The number of esters is 1. The summed E-state index contributed by atoms with van der Waals surface area (Å²) in [6, 6.07) is 8.78. The van der Waals surface area contributed by atoms with Crippen molar-refractivity contribution in [3.05, 3.63) is 58.3 Å². The first-order valence-electron chi connectivity index (χ1n) is 7.49. The van der Waals surface area contributed by atoms with Gasteiger partial charge in [-0.2, -0.15) is 5.10 Å². The molecule has 7 heteroatoms. The van der Waals surface area contributed by atoms with Crippen molar-refractivity contribution in [2.45, 2.75) is 19.4 Å². The van der Waals surface area contributed by atoms with E-state index in [0.717, 1.165) is 5.56 Å². The van der Waals surface area contributed by atoms with Crippen LogP contribution in [0.4, 0.5) is 5.69 Å². The summed E-state index contributed by atoms with van der Waals surface area (Å²) in [5.74, 6) is -0.418. The number of carbonyl (C=O) groups is 1. The van der Waals surface area contributed by atoms with Crippen molar-refractivity contribution in [3.8, 4) is 0 Å². The van der Waals surface area contributed by atoms with Gasteiger partial charge in [-0.05, 0) is 36.8 Å². The van der Waals surface area contributed by atoms with E-state index >= 15 is 0 Å². The maximum atomic E-state index is 12.1. The maximum absolute atomic E-state index is 12.1. The molecule has 1 aliphatic rings. The molecule has 1 aromatic carbocycles. The Bertz CT molecular complexity index is 781. The molecule has 0 N–H and O–H groups in total. The summed E-state index contributed by atoms with van der Waals surface area (Å²) in [7, 11) is 0. The Kier molecular flexibility index (Phi) is 5.02. The van der Waals surface area contributed by atoms with Crippen LogP contribution in [0.25, 0.3) is 0 Å². The third kappa shape index (κ3) is 3.37. The number of rotatable bonds is 4. The molecule has 0 bridgehead atoms. The highest BCUT2D eigenvalue weighted by Gasteiger charge is 2.34. The van der Waals surface area contributed by atoms with Gasteiger partial charge < -0.3 is 4.74 Å². The lowest BCUT2D eigenvalue weighted by Gasteiger charge is -2.24. The summed E-state index contributed by atoms with van der Waals surface area (Å²) in [5.41, 5.74) is 1.97. The largest absolute Gasteiger partial charge is 0.461 e. The lowest BCUT2D eigenvalue weighted by Crippen LogP contribution is -2.19. The number of nitrogens with zero attached hydrogens (tertiary/aromatic N) is 3. The van der Waals surface area contributed by atoms with Gasteiger partial charge in [0.15, 0.2) is 0 Å². The van der Waals surface area contributed by atoms with Crippen molar-refractivity contribution in [1.82, 2.24) is 4.98 Å². The van der Waals surface area contributed by atoms with E-state index in [9.17, 15) is 4.79 Å². The Morgan fingerprint density at radius 3 is 2.88 bits per heavy atom. The molecule has 0 fully saturated rings. The van der Waals surface area contributed by atoms with Crippen LogP contribution in [0.5, 0.6) is 0 Å². The average Bonchev–Trinajstić information content (AvgIpc) is 3.01. The molecule has 0 amide bonds. The van der Waals surface area contributed by atoms with Gasteiger partial charge in [-0.15, -0.1) is 0 Å². The van der Waals surface area contributed by atoms with Crippen LogP contribution < -0.4 is 5.01 Å². The molecular formula is C17H15Cl2N3O2. The first-order chi connectivity index (χ1) is 11.6. The molecule has 2 heterocycles. The highest BCUT2D eigenvalue weighted by Crippen LogP contribution is 2.39. The van der Waals surface area contributed by atoms with Gasteiger partial charge in [0, 0.05) is 23.8 Å². The molecule has 0 saturated heterocycles. The van der Waals surface area contributed by atoms with E-state index in [1.54, 1.807) is 42.5 Å². The third-order valence-electron chi connectivity index (χ3n) is 3.65. The second-order valence-corrected chi connectivity index (χ2v) is 6.06. The van der Waals surface area contributed by atoms with E-state index in [0.29, 0.717) is 34.5 Å². The minimum Gasteiger partial charge on any atom is -0.461 e. The SMILES string of the molecule is CCOC(=O)C1=NN(c2ccc(Cl)cc2Cl)C(c2cccnc2)C1. The van der Waals surface area contributed by atoms with Crippen molar-refractivity contribution < 1.29 is 9.53 Å². The topological polar surface area (TPSA) is 54.8 Å². The number of halogens is 2. The Morgan fingerprint density at radius 2 is 2.21 bits per heavy atom. The van der Waals surface area contributed by atoms with Gasteiger partial charge >= 0.3 is 5.97 Å². The van der Waals surface area contributed by atoms with Crippen molar-refractivity contribution in [2.75, 3.05) is 11.6 Å². The number of hydrogen-bond donors (Lipinski definition) is 0. The monoisotopic (exact) mass is 363 g/mol. The van der Waals surface area contributed by atoms with Crippen LogP contribution in [0, 0.1) is 0 Å². The molecule has 124 valence electrons. The van der Waals surface area contributed by atoms with Crippen LogP contribution in [-0.4, -0.2) is 23.3 Å². The molecule has 0 radical (unpaired) electrons. The van der Waals surface area contributed by atoms with Gasteiger partial charge in [0.05, 0.1) is 23.4 Å². The number of hydrazone groups is 1. The van der Waals surface area contributed by atoms with E-state index in [1.165, 1.54) is 0 Å². The predicted molar refractivity (Wildman–Crippen MR) is 94.6 cm³/mol. The first-order valence-corrected chi connectivity index (χ1v) is 8.24. The molecule has 1 unspecified atom stereocenters. The van der Waals surface area contributed by atoms with Gasteiger partial charge in [-0.25, -0.2) is 4.79 Å². The second-order valence-electron chi connectivity index (χ2n) is 5.21. The molecule has 2 aromatic rings. The van der Waals surface area contributed by atoms with Gasteiger partial charge in [-0.1, -0.05) is 29.3 Å². The lowest BCUT2D eigenvalue weighted by molar-refractivity contribution is -0.135. The standard InChI is InChI=1S/C17H15Cl2N3O2/c1-2-24-17(23)14-9-16(11-4-3-7-20-10-11)22(21-14)15-6-5-12(18)8-13(15)19/h3-8,10,16H,2,9H2,1H3. The fourth-order valence-corrected chi connectivity index (χ4v) is 3.06. The summed E-state index contributed by atoms with van der Waals surface area (Å²) in [6.45, 7) is 2.07. The maximum Gasteiger partial charge on any atom is 0.354 e. The van der Waals surface area contributed by atoms with Crippen molar-refractivity contribution >= 4 is 40.6 Å². The number of ether oxygens (including phenoxy) is 1. The zero-order chi connectivity index (χ0) is 17.1. The van der Waals surface area contributed by atoms with E-state index in [1.807, 2.05) is 12.1 Å². The smallest absolute Gasteiger partial charge is 0.354 e. The van der Waals surface area contributed by atoms with Crippen molar-refractivity contribution in [2.24, 2.45) is 5.10 Å². The Labute approximate surface area is 149 Å². The number of carbonyl (C=O) groups excluding carboxylic acids is 1. The highest BCUT2D eigenvalue weighted by atomic mass is 35.5. The zero-order valence-electron chi connectivity index (χ0n) is 12.9. The van der Waals surface area contributed by atoms with Gasteiger partial charge in [0.1, 0.15) is 5.71 Å². The summed E-state index contributed by atoms with van der Waals surface area (Å²) in [6.07, 6.45) is 3.87. The molecule has 1 aliphatic heterocycles. The number of hydrogen-bond acceptors (Lipinski definition) is 5. The predicted octanol–water partition coefficient (Wildman–Crippen LogP) is 4.26. The van der Waals surface area contributed by atoms with Crippen LogP contribution in [0.3, 0.4) is 0 Å². The Hall–Kier alpha value is -2.11. The summed E-state index contributed by atoms with van der Waals surface area (Å²) in [4.78, 5) is 16.2. The normalized spacial score (nSPS) is 16.9. The van der Waals surface area contributed by atoms with Crippen LogP contribution in [0.1, 0.15) is 24.9 Å². The van der Waals surface area contributed by atoms with Crippen molar-refractivity contribution in [3.63, 3.8) is 0 Å². The second kappa shape index (κ2) is 7.20. The van der Waals surface area contributed by atoms with E-state index in [-0.39, 0.29) is 6.04 Å². The Morgan fingerprint density at radius 1 is 1.38 bits per heavy atom. The molecule has 0 spiro atoms. The zero-order valence-corrected chi connectivity index (χ0v) is 14.5. The fraction of sp³-hybridized carbons (Fsp3) is 0.235. The summed E-state index contributed by atoms with van der Waals surface area (Å²) in [5, 5.41) is 7.17. The van der Waals surface area contributed by atoms with E-state index in [2.05, 4.69) is 10.1 Å². The molecule has 3 rings (SSSR count). The van der Waals surface area contributed by atoms with Gasteiger partial charge in [-0.3, -0.25) is 9.99 Å². The molecule has 0 saturated carbocycles. The number of benzene rings is 1.